The maximum absolute atomic E-state index is 12.1. The van der Waals surface area contributed by atoms with Crippen LogP contribution in [0.25, 0.3) is 0 Å². The molecule has 1 saturated heterocycles. The standard InChI is InChI=1S/C18H21N3O2/c22-18(16-10-17(23-20-16)14-6-7-14)19-15-11-21(12-15)9-8-13-4-2-1-3-5-13/h1-5,10,14-15H,6-9,11-12H2,(H,19,22). The van der Waals surface area contributed by atoms with Gasteiger partial charge in [-0.2, -0.15) is 0 Å². The average Bonchev–Trinajstić information content (AvgIpc) is 3.27. The normalized spacial score (nSPS) is 18.6. The van der Waals surface area contributed by atoms with Gasteiger partial charge in [0, 0.05) is 31.6 Å². The summed E-state index contributed by atoms with van der Waals surface area (Å²) in [6.45, 7) is 2.85. The summed E-state index contributed by atoms with van der Waals surface area (Å²) in [5, 5.41) is 6.91. The lowest BCUT2D eigenvalue weighted by molar-refractivity contribution is 0.0807. The van der Waals surface area contributed by atoms with E-state index in [0.717, 1.165) is 44.7 Å². The van der Waals surface area contributed by atoms with Crippen LogP contribution in [-0.2, 0) is 6.42 Å². The Morgan fingerprint density at radius 2 is 2.04 bits per heavy atom. The Morgan fingerprint density at radius 3 is 2.78 bits per heavy atom. The van der Waals surface area contributed by atoms with Gasteiger partial charge in [-0.15, -0.1) is 0 Å². The number of aromatic nitrogens is 1. The first-order chi connectivity index (χ1) is 11.3. The zero-order chi connectivity index (χ0) is 15.6. The highest BCUT2D eigenvalue weighted by Gasteiger charge is 2.31. The quantitative estimate of drug-likeness (QED) is 0.888. The molecule has 1 aromatic heterocycles. The number of carbonyl (C=O) groups excluding carboxylic acids is 1. The van der Waals surface area contributed by atoms with Gasteiger partial charge in [-0.1, -0.05) is 35.5 Å². The molecule has 1 aliphatic heterocycles. The summed E-state index contributed by atoms with van der Waals surface area (Å²) in [6, 6.07) is 12.5. The zero-order valence-electron chi connectivity index (χ0n) is 13.1. The molecule has 5 nitrogen and oxygen atoms in total. The van der Waals surface area contributed by atoms with Gasteiger partial charge in [0.25, 0.3) is 5.91 Å². The Bertz CT molecular complexity index is 673. The van der Waals surface area contributed by atoms with Crippen LogP contribution in [0.2, 0.25) is 0 Å². The van der Waals surface area contributed by atoms with E-state index in [9.17, 15) is 4.79 Å². The number of likely N-dealkylation sites (tertiary alicyclic amines) is 1. The molecule has 2 heterocycles. The Balaban J connectivity index is 1.20. The molecule has 0 bridgehead atoms. The number of hydrogen-bond acceptors (Lipinski definition) is 4. The van der Waals surface area contributed by atoms with Gasteiger partial charge in [-0.25, -0.2) is 0 Å². The SMILES string of the molecule is O=C(NC1CN(CCc2ccccc2)C1)c1cc(C2CC2)on1. The molecule has 1 amide bonds. The Hall–Kier alpha value is -2.14. The van der Waals surface area contributed by atoms with Gasteiger partial charge in [0.05, 0.1) is 6.04 Å². The molecule has 0 radical (unpaired) electrons. The van der Waals surface area contributed by atoms with Crippen molar-refractivity contribution in [3.8, 4) is 0 Å². The molecule has 2 aliphatic rings. The van der Waals surface area contributed by atoms with Crippen LogP contribution >= 0.6 is 0 Å². The fourth-order valence-corrected chi connectivity index (χ4v) is 2.99. The summed E-state index contributed by atoms with van der Waals surface area (Å²) in [6.07, 6.45) is 3.35. The molecule has 5 heteroatoms. The largest absolute Gasteiger partial charge is 0.360 e. The highest BCUT2D eigenvalue weighted by molar-refractivity contribution is 5.92. The lowest BCUT2D eigenvalue weighted by Gasteiger charge is -2.39. The van der Waals surface area contributed by atoms with E-state index in [-0.39, 0.29) is 11.9 Å². The number of hydrogen-bond donors (Lipinski definition) is 1. The highest BCUT2D eigenvalue weighted by atomic mass is 16.5. The van der Waals surface area contributed by atoms with Crippen molar-refractivity contribution in [2.75, 3.05) is 19.6 Å². The first kappa shape index (κ1) is 14.5. The highest BCUT2D eigenvalue weighted by Crippen LogP contribution is 2.40. The van der Waals surface area contributed by atoms with Crippen molar-refractivity contribution in [2.24, 2.45) is 0 Å². The second-order valence-electron chi connectivity index (χ2n) is 6.55. The van der Waals surface area contributed by atoms with E-state index in [1.54, 1.807) is 6.07 Å². The predicted molar refractivity (Wildman–Crippen MR) is 86.3 cm³/mol. The van der Waals surface area contributed by atoms with E-state index in [1.807, 2.05) is 6.07 Å². The predicted octanol–water partition coefficient (Wildman–Crippen LogP) is 2.21. The average molecular weight is 311 g/mol. The smallest absolute Gasteiger partial charge is 0.273 e. The molecule has 23 heavy (non-hydrogen) atoms. The van der Waals surface area contributed by atoms with Crippen LogP contribution < -0.4 is 5.32 Å². The molecule has 2 aromatic rings. The van der Waals surface area contributed by atoms with Crippen LogP contribution in [0.4, 0.5) is 0 Å². The molecule has 4 rings (SSSR count). The summed E-state index contributed by atoms with van der Waals surface area (Å²) in [4.78, 5) is 14.5. The molecule has 0 unspecified atom stereocenters. The Kier molecular flexibility index (Phi) is 3.87. The topological polar surface area (TPSA) is 58.4 Å². The van der Waals surface area contributed by atoms with Crippen molar-refractivity contribution in [2.45, 2.75) is 31.2 Å². The molecular formula is C18H21N3O2. The van der Waals surface area contributed by atoms with Gasteiger partial charge >= 0.3 is 0 Å². The Labute approximate surface area is 135 Å². The minimum atomic E-state index is -0.117. The lowest BCUT2D eigenvalue weighted by atomic mass is 10.1. The van der Waals surface area contributed by atoms with Crippen molar-refractivity contribution in [3.05, 3.63) is 53.4 Å². The first-order valence-electron chi connectivity index (χ1n) is 8.32. The maximum Gasteiger partial charge on any atom is 0.273 e. The van der Waals surface area contributed by atoms with Crippen molar-refractivity contribution in [3.63, 3.8) is 0 Å². The molecule has 120 valence electrons. The van der Waals surface area contributed by atoms with Crippen molar-refractivity contribution >= 4 is 5.91 Å². The third-order valence-corrected chi connectivity index (χ3v) is 4.59. The molecule has 1 aromatic carbocycles. The summed E-state index contributed by atoms with van der Waals surface area (Å²) in [5.74, 6) is 1.22. The van der Waals surface area contributed by atoms with Crippen molar-refractivity contribution < 1.29 is 9.32 Å². The van der Waals surface area contributed by atoms with Gasteiger partial charge in [0.15, 0.2) is 5.69 Å². The number of amides is 1. The second-order valence-corrected chi connectivity index (χ2v) is 6.55. The lowest BCUT2D eigenvalue weighted by Crippen LogP contribution is -2.59. The van der Waals surface area contributed by atoms with E-state index in [4.69, 9.17) is 4.52 Å². The molecule has 1 saturated carbocycles. The van der Waals surface area contributed by atoms with Gasteiger partial charge in [0.1, 0.15) is 5.76 Å². The minimum absolute atomic E-state index is 0.117. The molecule has 1 N–H and O–H groups in total. The third-order valence-electron chi connectivity index (χ3n) is 4.59. The van der Waals surface area contributed by atoms with Gasteiger partial charge in [0.2, 0.25) is 0 Å². The molecule has 0 spiro atoms. The van der Waals surface area contributed by atoms with Crippen molar-refractivity contribution in [1.82, 2.24) is 15.4 Å². The number of benzene rings is 1. The van der Waals surface area contributed by atoms with Crippen LogP contribution in [0.5, 0.6) is 0 Å². The van der Waals surface area contributed by atoms with E-state index < -0.39 is 0 Å². The van der Waals surface area contributed by atoms with Gasteiger partial charge < -0.3 is 9.84 Å². The zero-order valence-corrected chi connectivity index (χ0v) is 13.1. The second kappa shape index (κ2) is 6.16. The van der Waals surface area contributed by atoms with Crippen LogP contribution in [0, 0.1) is 0 Å². The molecule has 0 atom stereocenters. The van der Waals surface area contributed by atoms with Crippen LogP contribution in [0.15, 0.2) is 40.9 Å². The molecule has 2 fully saturated rings. The van der Waals surface area contributed by atoms with Gasteiger partial charge in [-0.3, -0.25) is 9.69 Å². The fourth-order valence-electron chi connectivity index (χ4n) is 2.99. The van der Waals surface area contributed by atoms with E-state index in [0.29, 0.717) is 11.6 Å². The minimum Gasteiger partial charge on any atom is -0.360 e. The fraction of sp³-hybridized carbons (Fsp3) is 0.444. The molecular weight excluding hydrogens is 290 g/mol. The summed E-state index contributed by atoms with van der Waals surface area (Å²) in [5.41, 5.74) is 1.77. The summed E-state index contributed by atoms with van der Waals surface area (Å²) < 4.78 is 5.23. The first-order valence-corrected chi connectivity index (χ1v) is 8.32. The van der Waals surface area contributed by atoms with Crippen molar-refractivity contribution in [1.29, 1.82) is 0 Å². The number of nitrogens with one attached hydrogen (secondary N) is 1. The van der Waals surface area contributed by atoms with Crippen LogP contribution in [0.1, 0.15) is 40.6 Å². The van der Waals surface area contributed by atoms with E-state index in [2.05, 4.69) is 39.6 Å². The number of rotatable bonds is 6. The number of nitrogens with zero attached hydrogens (tertiary/aromatic N) is 2. The van der Waals surface area contributed by atoms with E-state index in [1.165, 1.54) is 5.56 Å². The van der Waals surface area contributed by atoms with Crippen LogP contribution in [-0.4, -0.2) is 41.6 Å². The Morgan fingerprint density at radius 1 is 1.26 bits per heavy atom. The monoisotopic (exact) mass is 311 g/mol. The van der Waals surface area contributed by atoms with Crippen LogP contribution in [0.3, 0.4) is 0 Å². The number of carbonyl (C=O) groups is 1. The summed E-state index contributed by atoms with van der Waals surface area (Å²) >= 11 is 0. The van der Waals surface area contributed by atoms with Gasteiger partial charge in [-0.05, 0) is 24.8 Å². The third kappa shape index (κ3) is 3.45. The summed E-state index contributed by atoms with van der Waals surface area (Å²) in [7, 11) is 0. The van der Waals surface area contributed by atoms with E-state index >= 15 is 0 Å². The maximum atomic E-state index is 12.1. The molecule has 1 aliphatic carbocycles.